The largest absolute Gasteiger partial charge is 0.507 e. The first-order valence-electron chi connectivity index (χ1n) is 3.37. The number of cyclic esters (lactones) is 1. The maximum atomic E-state index is 11.0. The molecule has 1 aliphatic heterocycles. The number of hydrogen-bond acceptors (Lipinski definition) is 3. The minimum atomic E-state index is -0.449. The number of carbonyl (C=O) groups is 1. The number of aromatic hydroxyl groups is 1. The van der Waals surface area contributed by atoms with Crippen molar-refractivity contribution in [2.75, 3.05) is 0 Å². The van der Waals surface area contributed by atoms with E-state index in [2.05, 4.69) is 15.9 Å². The van der Waals surface area contributed by atoms with Crippen LogP contribution in [0.3, 0.4) is 0 Å². The highest BCUT2D eigenvalue weighted by Gasteiger charge is 2.25. The van der Waals surface area contributed by atoms with Crippen LogP contribution < -0.4 is 0 Å². The zero-order valence-corrected chi connectivity index (χ0v) is 7.59. The van der Waals surface area contributed by atoms with Crippen molar-refractivity contribution >= 4 is 21.9 Å². The third-order valence-electron chi connectivity index (χ3n) is 1.73. The van der Waals surface area contributed by atoms with Crippen LogP contribution in [0.5, 0.6) is 5.75 Å². The molecule has 3 nitrogen and oxygen atoms in total. The molecule has 0 amide bonds. The van der Waals surface area contributed by atoms with Crippen LogP contribution in [-0.2, 0) is 11.3 Å². The SMILES string of the molecule is O=C1OCc2cc(Br)cc(O)c21. The van der Waals surface area contributed by atoms with E-state index in [1.54, 1.807) is 6.07 Å². The van der Waals surface area contributed by atoms with E-state index < -0.39 is 5.97 Å². The maximum Gasteiger partial charge on any atom is 0.342 e. The molecule has 0 aromatic heterocycles. The zero-order valence-electron chi connectivity index (χ0n) is 6.00. The molecule has 0 saturated heterocycles. The van der Waals surface area contributed by atoms with Crippen molar-refractivity contribution in [3.8, 4) is 5.75 Å². The maximum absolute atomic E-state index is 11.0. The van der Waals surface area contributed by atoms with Crippen LogP contribution in [0.15, 0.2) is 16.6 Å². The zero-order chi connectivity index (χ0) is 8.72. The third kappa shape index (κ3) is 0.992. The molecule has 4 heteroatoms. The van der Waals surface area contributed by atoms with Crippen LogP contribution in [0.4, 0.5) is 0 Å². The van der Waals surface area contributed by atoms with Crippen molar-refractivity contribution in [2.45, 2.75) is 6.61 Å². The normalized spacial score (nSPS) is 14.2. The summed E-state index contributed by atoms with van der Waals surface area (Å²) in [6, 6.07) is 3.24. The van der Waals surface area contributed by atoms with Gasteiger partial charge in [-0.25, -0.2) is 4.79 Å². The van der Waals surface area contributed by atoms with Crippen molar-refractivity contribution in [1.82, 2.24) is 0 Å². The second-order valence-electron chi connectivity index (χ2n) is 2.54. The molecule has 0 radical (unpaired) electrons. The van der Waals surface area contributed by atoms with Gasteiger partial charge in [0.2, 0.25) is 0 Å². The lowest BCUT2D eigenvalue weighted by Crippen LogP contribution is -1.93. The Kier molecular flexibility index (Phi) is 1.58. The number of phenols is 1. The molecular weight excluding hydrogens is 224 g/mol. The van der Waals surface area contributed by atoms with Gasteiger partial charge in [0.05, 0.1) is 0 Å². The van der Waals surface area contributed by atoms with Gasteiger partial charge in [0.1, 0.15) is 17.9 Å². The van der Waals surface area contributed by atoms with Crippen LogP contribution in [0.1, 0.15) is 15.9 Å². The molecule has 0 saturated carbocycles. The van der Waals surface area contributed by atoms with Crippen molar-refractivity contribution in [3.05, 3.63) is 27.7 Å². The summed E-state index contributed by atoms with van der Waals surface area (Å²) < 4.78 is 5.49. The first-order chi connectivity index (χ1) is 5.68. The quantitative estimate of drug-likeness (QED) is 0.690. The number of halogens is 1. The van der Waals surface area contributed by atoms with E-state index in [1.165, 1.54) is 6.07 Å². The van der Waals surface area contributed by atoms with E-state index in [0.29, 0.717) is 5.56 Å². The fourth-order valence-corrected chi connectivity index (χ4v) is 1.71. The van der Waals surface area contributed by atoms with Crippen LogP contribution in [0.2, 0.25) is 0 Å². The molecular formula is C8H5BrO3. The van der Waals surface area contributed by atoms with Crippen molar-refractivity contribution < 1.29 is 14.6 Å². The fourth-order valence-electron chi connectivity index (χ4n) is 1.21. The topological polar surface area (TPSA) is 46.5 Å². The second-order valence-corrected chi connectivity index (χ2v) is 3.45. The van der Waals surface area contributed by atoms with Gasteiger partial charge in [-0.3, -0.25) is 0 Å². The molecule has 62 valence electrons. The number of ether oxygens (including phenoxy) is 1. The Hall–Kier alpha value is -1.03. The van der Waals surface area contributed by atoms with Crippen LogP contribution in [0, 0.1) is 0 Å². The fraction of sp³-hybridized carbons (Fsp3) is 0.125. The molecule has 0 fully saturated rings. The lowest BCUT2D eigenvalue weighted by Gasteiger charge is -1.98. The van der Waals surface area contributed by atoms with Gasteiger partial charge in [-0.05, 0) is 12.1 Å². The molecule has 2 rings (SSSR count). The van der Waals surface area contributed by atoms with Gasteiger partial charge in [0.15, 0.2) is 0 Å². The second kappa shape index (κ2) is 2.48. The summed E-state index contributed by atoms with van der Waals surface area (Å²) >= 11 is 3.21. The first kappa shape index (κ1) is 7.61. The predicted molar refractivity (Wildman–Crippen MR) is 44.9 cm³/mol. The van der Waals surface area contributed by atoms with E-state index in [-0.39, 0.29) is 12.4 Å². The van der Waals surface area contributed by atoms with Gasteiger partial charge in [0.25, 0.3) is 0 Å². The first-order valence-corrected chi connectivity index (χ1v) is 4.16. The lowest BCUT2D eigenvalue weighted by atomic mass is 10.1. The molecule has 1 aromatic carbocycles. The Morgan fingerprint density at radius 3 is 3.00 bits per heavy atom. The van der Waals surface area contributed by atoms with Gasteiger partial charge < -0.3 is 9.84 Å². The summed E-state index contributed by atoms with van der Waals surface area (Å²) in [6.45, 7) is 0.251. The number of fused-ring (bicyclic) bond motifs is 1. The van der Waals surface area contributed by atoms with Gasteiger partial charge in [-0.15, -0.1) is 0 Å². The Labute approximate surface area is 77.1 Å². The molecule has 0 atom stereocenters. The van der Waals surface area contributed by atoms with Crippen molar-refractivity contribution in [3.63, 3.8) is 0 Å². The standard InChI is InChI=1S/C8H5BrO3/c9-5-1-4-3-12-8(11)7(4)6(10)2-5/h1-2,10H,3H2. The number of hydrogen-bond donors (Lipinski definition) is 1. The molecule has 1 aliphatic rings. The van der Waals surface area contributed by atoms with Crippen LogP contribution in [-0.4, -0.2) is 11.1 Å². The highest BCUT2D eigenvalue weighted by atomic mass is 79.9. The van der Waals surface area contributed by atoms with Gasteiger partial charge in [0, 0.05) is 10.0 Å². The average Bonchev–Trinajstić information content (AvgIpc) is 2.31. The van der Waals surface area contributed by atoms with E-state index in [4.69, 9.17) is 4.74 Å². The molecule has 0 aliphatic carbocycles. The number of benzene rings is 1. The molecule has 1 heterocycles. The van der Waals surface area contributed by atoms with E-state index in [9.17, 15) is 9.90 Å². The van der Waals surface area contributed by atoms with Gasteiger partial charge in [-0.1, -0.05) is 15.9 Å². The summed E-state index contributed by atoms with van der Waals surface area (Å²) in [5.74, 6) is -0.475. The Bertz CT molecular complexity index is 360. The summed E-state index contributed by atoms with van der Waals surface area (Å²) in [6.07, 6.45) is 0. The van der Waals surface area contributed by atoms with Crippen LogP contribution in [0.25, 0.3) is 0 Å². The highest BCUT2D eigenvalue weighted by Crippen LogP contribution is 2.31. The summed E-state index contributed by atoms with van der Waals surface area (Å²) in [5.41, 5.74) is 1.02. The third-order valence-corrected chi connectivity index (χ3v) is 2.18. The molecule has 0 bridgehead atoms. The van der Waals surface area contributed by atoms with Crippen molar-refractivity contribution in [1.29, 1.82) is 0 Å². The minimum absolute atomic E-state index is 0.0260. The Balaban J connectivity index is 2.68. The molecule has 1 N–H and O–H groups in total. The lowest BCUT2D eigenvalue weighted by molar-refractivity contribution is 0.0533. The molecule has 0 spiro atoms. The predicted octanol–water partition coefficient (Wildman–Crippen LogP) is 1.83. The van der Waals surface area contributed by atoms with Gasteiger partial charge in [-0.2, -0.15) is 0 Å². The van der Waals surface area contributed by atoms with E-state index >= 15 is 0 Å². The summed E-state index contributed by atoms with van der Waals surface area (Å²) in [7, 11) is 0. The van der Waals surface area contributed by atoms with Crippen LogP contribution >= 0.6 is 15.9 Å². The highest BCUT2D eigenvalue weighted by molar-refractivity contribution is 9.10. The van der Waals surface area contributed by atoms with E-state index in [0.717, 1.165) is 10.0 Å². The Morgan fingerprint density at radius 1 is 1.50 bits per heavy atom. The smallest absolute Gasteiger partial charge is 0.342 e. The number of carbonyl (C=O) groups excluding carboxylic acids is 1. The average molecular weight is 229 g/mol. The number of rotatable bonds is 0. The van der Waals surface area contributed by atoms with Crippen molar-refractivity contribution in [2.24, 2.45) is 0 Å². The summed E-state index contributed by atoms with van der Waals surface area (Å²) in [4.78, 5) is 11.0. The molecule has 0 unspecified atom stereocenters. The molecule has 12 heavy (non-hydrogen) atoms. The van der Waals surface area contributed by atoms with E-state index in [1.807, 2.05) is 0 Å². The summed E-state index contributed by atoms with van der Waals surface area (Å²) in [5, 5.41) is 9.35. The minimum Gasteiger partial charge on any atom is -0.507 e. The number of phenolic OH excluding ortho intramolecular Hbond substituents is 1. The number of esters is 1. The molecule has 1 aromatic rings. The Morgan fingerprint density at radius 2 is 2.25 bits per heavy atom. The monoisotopic (exact) mass is 228 g/mol. The van der Waals surface area contributed by atoms with Gasteiger partial charge >= 0.3 is 5.97 Å².